The van der Waals surface area contributed by atoms with E-state index in [1.807, 2.05) is 4.90 Å². The lowest BCUT2D eigenvalue weighted by molar-refractivity contribution is -0.140. The largest absolute Gasteiger partial charge is 0.341 e. The number of carbonyl (C=O) groups excluding carboxylic acids is 2. The lowest BCUT2D eigenvalue weighted by Crippen LogP contribution is -2.48. The van der Waals surface area contributed by atoms with Crippen LogP contribution >= 0.6 is 0 Å². The molecule has 4 saturated carbocycles. The predicted molar refractivity (Wildman–Crippen MR) is 103 cm³/mol. The molecule has 1 saturated heterocycles. The van der Waals surface area contributed by atoms with Crippen LogP contribution in [0.1, 0.15) is 77.6 Å². The van der Waals surface area contributed by atoms with Crippen LogP contribution in [0.3, 0.4) is 0 Å². The average molecular weight is 361 g/mol. The minimum absolute atomic E-state index is 0.280. The Bertz CT molecular complexity index is 509. The lowest BCUT2D eigenvalue weighted by atomic mass is 9.49. The van der Waals surface area contributed by atoms with Gasteiger partial charge < -0.3 is 9.80 Å². The molecular weight excluding hydrogens is 324 g/mol. The first-order valence-corrected chi connectivity index (χ1v) is 11.1. The SMILES string of the molecule is CCCCC(=O)N1CCCN(C(=O)CC23CC4CC(CC(C4)C2)C3)CC1. The van der Waals surface area contributed by atoms with Crippen LogP contribution in [-0.2, 0) is 9.59 Å². The van der Waals surface area contributed by atoms with Crippen LogP contribution in [0.5, 0.6) is 0 Å². The number of unbranched alkanes of at least 4 members (excludes halogenated alkanes) is 1. The minimum atomic E-state index is 0.280. The van der Waals surface area contributed by atoms with E-state index in [4.69, 9.17) is 0 Å². The normalized spacial score (nSPS) is 36.3. The second kappa shape index (κ2) is 7.52. The predicted octanol–water partition coefficient (Wildman–Crippen LogP) is 3.84. The van der Waals surface area contributed by atoms with Gasteiger partial charge in [-0.2, -0.15) is 0 Å². The highest BCUT2D eigenvalue weighted by molar-refractivity contribution is 5.78. The van der Waals surface area contributed by atoms with Crippen molar-refractivity contribution in [3.05, 3.63) is 0 Å². The molecule has 0 aromatic carbocycles. The third kappa shape index (κ3) is 3.80. The molecule has 0 radical (unpaired) electrons. The highest BCUT2D eigenvalue weighted by Gasteiger charge is 2.51. The Kier molecular flexibility index (Phi) is 5.29. The van der Waals surface area contributed by atoms with Gasteiger partial charge in [-0.25, -0.2) is 0 Å². The van der Waals surface area contributed by atoms with Gasteiger partial charge in [-0.1, -0.05) is 13.3 Å². The number of hydrogen-bond donors (Lipinski definition) is 0. The Labute approximate surface area is 158 Å². The smallest absolute Gasteiger partial charge is 0.223 e. The molecule has 5 aliphatic rings. The van der Waals surface area contributed by atoms with Gasteiger partial charge in [-0.15, -0.1) is 0 Å². The molecule has 0 N–H and O–H groups in total. The second-order valence-electron chi connectivity index (χ2n) is 9.81. The fourth-order valence-electron chi connectivity index (χ4n) is 6.84. The Morgan fingerprint density at radius 3 is 1.92 bits per heavy atom. The fraction of sp³-hybridized carbons (Fsp3) is 0.909. The molecule has 2 amide bonds. The summed E-state index contributed by atoms with van der Waals surface area (Å²) in [6.07, 6.45) is 12.6. The van der Waals surface area contributed by atoms with Crippen molar-refractivity contribution in [3.8, 4) is 0 Å². The number of nitrogens with zero attached hydrogens (tertiary/aromatic N) is 2. The first-order valence-electron chi connectivity index (χ1n) is 11.1. The first kappa shape index (κ1) is 18.3. The maximum absolute atomic E-state index is 13.1. The molecule has 146 valence electrons. The van der Waals surface area contributed by atoms with Crippen molar-refractivity contribution in [2.45, 2.75) is 77.6 Å². The Morgan fingerprint density at radius 1 is 0.846 bits per heavy atom. The summed E-state index contributed by atoms with van der Waals surface area (Å²) in [6.45, 7) is 5.26. The van der Waals surface area contributed by atoms with Crippen LogP contribution in [0, 0.1) is 23.2 Å². The molecule has 1 aliphatic heterocycles. The molecule has 5 fully saturated rings. The molecule has 0 aromatic heterocycles. The number of rotatable bonds is 5. The van der Waals surface area contributed by atoms with Gasteiger partial charge in [-0.05, 0) is 74.5 Å². The highest BCUT2D eigenvalue weighted by Crippen LogP contribution is 2.61. The van der Waals surface area contributed by atoms with Crippen molar-refractivity contribution in [2.75, 3.05) is 26.2 Å². The van der Waals surface area contributed by atoms with Gasteiger partial charge in [0.1, 0.15) is 0 Å². The highest BCUT2D eigenvalue weighted by atomic mass is 16.2. The topological polar surface area (TPSA) is 40.6 Å². The van der Waals surface area contributed by atoms with Crippen LogP contribution in [0.15, 0.2) is 0 Å². The van der Waals surface area contributed by atoms with E-state index >= 15 is 0 Å². The van der Waals surface area contributed by atoms with E-state index < -0.39 is 0 Å². The zero-order chi connectivity index (χ0) is 18.1. The Balaban J connectivity index is 1.32. The van der Waals surface area contributed by atoms with Gasteiger partial charge in [0.2, 0.25) is 11.8 Å². The van der Waals surface area contributed by atoms with Gasteiger partial charge >= 0.3 is 0 Å². The molecule has 0 atom stereocenters. The van der Waals surface area contributed by atoms with E-state index in [9.17, 15) is 9.59 Å². The summed E-state index contributed by atoms with van der Waals surface area (Å²) in [4.78, 5) is 29.5. The second-order valence-corrected chi connectivity index (χ2v) is 9.81. The molecule has 4 bridgehead atoms. The van der Waals surface area contributed by atoms with Crippen molar-refractivity contribution >= 4 is 11.8 Å². The van der Waals surface area contributed by atoms with Crippen LogP contribution < -0.4 is 0 Å². The number of carbonyl (C=O) groups is 2. The fourth-order valence-corrected chi connectivity index (χ4v) is 6.84. The van der Waals surface area contributed by atoms with E-state index in [2.05, 4.69) is 11.8 Å². The summed E-state index contributed by atoms with van der Waals surface area (Å²) in [6, 6.07) is 0. The van der Waals surface area contributed by atoms with Gasteiger partial charge in [0.05, 0.1) is 0 Å². The van der Waals surface area contributed by atoms with Gasteiger partial charge in [0.25, 0.3) is 0 Å². The average Bonchev–Trinajstić information content (AvgIpc) is 2.84. The molecule has 0 unspecified atom stereocenters. The van der Waals surface area contributed by atoms with Crippen molar-refractivity contribution in [3.63, 3.8) is 0 Å². The van der Waals surface area contributed by atoms with Gasteiger partial charge in [0, 0.05) is 39.0 Å². The molecule has 26 heavy (non-hydrogen) atoms. The van der Waals surface area contributed by atoms with Crippen molar-refractivity contribution in [1.82, 2.24) is 9.80 Å². The van der Waals surface area contributed by atoms with Crippen molar-refractivity contribution in [1.29, 1.82) is 0 Å². The lowest BCUT2D eigenvalue weighted by Gasteiger charge is -2.57. The maximum atomic E-state index is 13.1. The zero-order valence-corrected chi connectivity index (χ0v) is 16.5. The van der Waals surface area contributed by atoms with Crippen LogP contribution in [0.4, 0.5) is 0 Å². The van der Waals surface area contributed by atoms with Gasteiger partial charge in [-0.3, -0.25) is 9.59 Å². The molecule has 4 heteroatoms. The van der Waals surface area contributed by atoms with Crippen LogP contribution in [-0.4, -0.2) is 47.8 Å². The van der Waals surface area contributed by atoms with E-state index in [0.717, 1.165) is 69.6 Å². The molecule has 0 spiro atoms. The minimum Gasteiger partial charge on any atom is -0.341 e. The van der Waals surface area contributed by atoms with E-state index in [1.54, 1.807) is 0 Å². The summed E-state index contributed by atoms with van der Waals surface area (Å²) >= 11 is 0. The molecule has 0 aromatic rings. The van der Waals surface area contributed by atoms with E-state index in [-0.39, 0.29) is 5.91 Å². The molecule has 4 aliphatic carbocycles. The van der Waals surface area contributed by atoms with Crippen molar-refractivity contribution in [2.24, 2.45) is 23.2 Å². The molecular formula is C22H36N2O2. The van der Waals surface area contributed by atoms with E-state index in [0.29, 0.717) is 17.7 Å². The Morgan fingerprint density at radius 2 is 1.38 bits per heavy atom. The summed E-state index contributed by atoms with van der Waals surface area (Å²) in [7, 11) is 0. The first-order chi connectivity index (χ1) is 12.6. The molecule has 4 nitrogen and oxygen atoms in total. The third-order valence-electron chi connectivity index (χ3n) is 7.64. The monoisotopic (exact) mass is 360 g/mol. The maximum Gasteiger partial charge on any atom is 0.223 e. The zero-order valence-electron chi connectivity index (χ0n) is 16.5. The van der Waals surface area contributed by atoms with Crippen molar-refractivity contribution < 1.29 is 9.59 Å². The summed E-state index contributed by atoms with van der Waals surface area (Å²) in [5.41, 5.74) is 0.328. The summed E-state index contributed by atoms with van der Waals surface area (Å²) in [5, 5.41) is 0. The van der Waals surface area contributed by atoms with E-state index in [1.165, 1.54) is 38.5 Å². The number of hydrogen-bond acceptors (Lipinski definition) is 2. The van der Waals surface area contributed by atoms with Crippen LogP contribution in [0.25, 0.3) is 0 Å². The standard InChI is InChI=1S/C22H36N2O2/c1-2-3-5-20(25)23-6-4-7-24(9-8-23)21(26)16-22-13-17-10-18(14-22)12-19(11-17)15-22/h17-19H,2-16H2,1H3. The summed E-state index contributed by atoms with van der Waals surface area (Å²) in [5.74, 6) is 3.37. The quantitative estimate of drug-likeness (QED) is 0.747. The number of amides is 2. The van der Waals surface area contributed by atoms with Crippen LogP contribution in [0.2, 0.25) is 0 Å². The molecule has 5 rings (SSSR count). The Hall–Kier alpha value is -1.06. The third-order valence-corrected chi connectivity index (χ3v) is 7.64. The molecule has 1 heterocycles. The summed E-state index contributed by atoms with van der Waals surface area (Å²) < 4.78 is 0. The van der Waals surface area contributed by atoms with Gasteiger partial charge in [0.15, 0.2) is 0 Å².